The van der Waals surface area contributed by atoms with E-state index in [1.807, 2.05) is 0 Å². The van der Waals surface area contributed by atoms with Gasteiger partial charge in [-0.2, -0.15) is 5.10 Å². The summed E-state index contributed by atoms with van der Waals surface area (Å²) in [5.74, 6) is -4.54. The number of sulfonamides is 1. The minimum Gasteiger partial charge on any atom is -0.237 e. The van der Waals surface area contributed by atoms with Gasteiger partial charge in [0, 0.05) is 25.1 Å². The van der Waals surface area contributed by atoms with E-state index in [0.29, 0.717) is 23.5 Å². The first-order valence-corrected chi connectivity index (χ1v) is 8.45. The number of pyridine rings is 1. The van der Waals surface area contributed by atoms with Gasteiger partial charge in [-0.1, -0.05) is 6.07 Å². The molecule has 0 fully saturated rings. The van der Waals surface area contributed by atoms with Crippen LogP contribution >= 0.6 is 0 Å². The quantitative estimate of drug-likeness (QED) is 0.700. The maximum absolute atomic E-state index is 13.6. The van der Waals surface area contributed by atoms with Crippen LogP contribution in [0, 0.1) is 17.5 Å². The maximum Gasteiger partial charge on any atom is 0.243 e. The van der Waals surface area contributed by atoms with Crippen LogP contribution in [-0.2, 0) is 16.6 Å². The highest BCUT2D eigenvalue weighted by atomic mass is 32.2. The van der Waals surface area contributed by atoms with Crippen molar-refractivity contribution in [3.8, 4) is 5.82 Å². The first-order chi connectivity index (χ1) is 11.9. The second kappa shape index (κ2) is 6.65. The molecule has 0 amide bonds. The summed E-state index contributed by atoms with van der Waals surface area (Å²) in [5, 5.41) is 4.00. The summed E-state index contributed by atoms with van der Waals surface area (Å²) in [6.45, 7) is -0.201. The molecule has 25 heavy (non-hydrogen) atoms. The predicted octanol–water partition coefficient (Wildman–Crippen LogP) is 2.16. The number of benzene rings is 1. The molecule has 0 saturated carbocycles. The van der Waals surface area contributed by atoms with Crippen molar-refractivity contribution in [3.05, 3.63) is 71.9 Å². The summed E-state index contributed by atoms with van der Waals surface area (Å²) in [4.78, 5) is 3.15. The van der Waals surface area contributed by atoms with E-state index in [9.17, 15) is 21.6 Å². The molecule has 0 saturated heterocycles. The Bertz CT molecular complexity index is 990. The molecule has 3 aromatic rings. The Kier molecular flexibility index (Phi) is 4.55. The smallest absolute Gasteiger partial charge is 0.237 e. The van der Waals surface area contributed by atoms with Crippen molar-refractivity contribution in [1.82, 2.24) is 19.5 Å². The number of hydrogen-bond donors (Lipinski definition) is 1. The van der Waals surface area contributed by atoms with E-state index < -0.39 is 32.4 Å². The van der Waals surface area contributed by atoms with Crippen molar-refractivity contribution < 1.29 is 21.6 Å². The highest BCUT2D eigenvalue weighted by Gasteiger charge is 2.23. The fourth-order valence-electron chi connectivity index (χ4n) is 2.03. The Labute approximate surface area is 141 Å². The van der Waals surface area contributed by atoms with Gasteiger partial charge in [-0.25, -0.2) is 36.0 Å². The van der Waals surface area contributed by atoms with Crippen LogP contribution in [0.3, 0.4) is 0 Å². The Balaban J connectivity index is 1.75. The molecule has 130 valence electrons. The van der Waals surface area contributed by atoms with Crippen LogP contribution in [0.1, 0.15) is 5.56 Å². The zero-order chi connectivity index (χ0) is 18.0. The second-order valence-electron chi connectivity index (χ2n) is 4.97. The van der Waals surface area contributed by atoms with E-state index >= 15 is 0 Å². The fourth-order valence-corrected chi connectivity index (χ4v) is 3.12. The molecule has 6 nitrogen and oxygen atoms in total. The Hall–Kier alpha value is -2.72. The van der Waals surface area contributed by atoms with Crippen molar-refractivity contribution in [2.45, 2.75) is 11.4 Å². The van der Waals surface area contributed by atoms with Gasteiger partial charge in [-0.05, 0) is 29.8 Å². The lowest BCUT2D eigenvalue weighted by atomic mass is 10.3. The fraction of sp³-hybridized carbons (Fsp3) is 0.0667. The topological polar surface area (TPSA) is 76.9 Å². The Morgan fingerprint density at radius 3 is 2.52 bits per heavy atom. The number of rotatable bonds is 5. The molecule has 0 aliphatic rings. The van der Waals surface area contributed by atoms with Crippen LogP contribution in [0.25, 0.3) is 5.82 Å². The summed E-state index contributed by atoms with van der Waals surface area (Å²) in [6.07, 6.45) is 4.69. The van der Waals surface area contributed by atoms with Crippen molar-refractivity contribution >= 4 is 10.0 Å². The summed E-state index contributed by atoms with van der Waals surface area (Å²) in [6, 6.07) is 6.16. The molecule has 3 rings (SSSR count). The van der Waals surface area contributed by atoms with Gasteiger partial charge in [0.1, 0.15) is 4.90 Å². The molecule has 2 aromatic heterocycles. The van der Waals surface area contributed by atoms with E-state index in [1.54, 1.807) is 30.6 Å². The normalized spacial score (nSPS) is 11.6. The van der Waals surface area contributed by atoms with Gasteiger partial charge in [0.25, 0.3) is 0 Å². The number of aromatic nitrogens is 3. The number of nitrogens with one attached hydrogen (secondary N) is 1. The van der Waals surface area contributed by atoms with Crippen LogP contribution in [0.4, 0.5) is 13.2 Å². The molecule has 1 aromatic carbocycles. The minimum absolute atomic E-state index is 0.201. The zero-order valence-electron chi connectivity index (χ0n) is 12.5. The third-order valence-corrected chi connectivity index (χ3v) is 4.72. The highest BCUT2D eigenvalue weighted by molar-refractivity contribution is 7.89. The van der Waals surface area contributed by atoms with Gasteiger partial charge < -0.3 is 0 Å². The van der Waals surface area contributed by atoms with Crippen molar-refractivity contribution in [2.75, 3.05) is 0 Å². The Morgan fingerprint density at radius 1 is 1.08 bits per heavy atom. The number of nitrogens with zero attached hydrogens (tertiary/aromatic N) is 3. The van der Waals surface area contributed by atoms with E-state index in [0.717, 1.165) is 0 Å². The SMILES string of the molecule is O=S(=O)(NCc1ccc(-n2cccn2)nc1)c1ccc(F)c(F)c1F. The first-order valence-electron chi connectivity index (χ1n) is 6.96. The van der Waals surface area contributed by atoms with E-state index in [-0.39, 0.29) is 6.54 Å². The summed E-state index contributed by atoms with van der Waals surface area (Å²) < 4.78 is 67.5. The summed E-state index contributed by atoms with van der Waals surface area (Å²) in [7, 11) is -4.36. The first kappa shape index (κ1) is 17.1. The van der Waals surface area contributed by atoms with Gasteiger partial charge in [0.2, 0.25) is 10.0 Å². The minimum atomic E-state index is -4.36. The van der Waals surface area contributed by atoms with Gasteiger partial charge in [0.05, 0.1) is 0 Å². The van der Waals surface area contributed by atoms with Crippen LogP contribution in [0.5, 0.6) is 0 Å². The molecule has 0 bridgehead atoms. The standard InChI is InChI=1S/C15H11F3N4O2S/c16-11-3-4-12(15(18)14(11)17)25(23,24)21-9-10-2-5-13(19-8-10)22-7-1-6-20-22/h1-8,21H,9H2. The third kappa shape index (κ3) is 3.54. The van der Waals surface area contributed by atoms with Crippen LogP contribution in [0.15, 0.2) is 53.8 Å². The monoisotopic (exact) mass is 368 g/mol. The van der Waals surface area contributed by atoms with Crippen molar-refractivity contribution in [2.24, 2.45) is 0 Å². The van der Waals surface area contributed by atoms with Crippen LogP contribution < -0.4 is 4.72 Å². The lowest BCUT2D eigenvalue weighted by molar-refractivity contribution is 0.431. The molecule has 0 radical (unpaired) electrons. The van der Waals surface area contributed by atoms with E-state index in [4.69, 9.17) is 0 Å². The average molecular weight is 368 g/mol. The average Bonchev–Trinajstić information content (AvgIpc) is 3.13. The van der Waals surface area contributed by atoms with Crippen molar-refractivity contribution in [3.63, 3.8) is 0 Å². The molecule has 0 spiro atoms. The predicted molar refractivity (Wildman–Crippen MR) is 81.7 cm³/mol. The Morgan fingerprint density at radius 2 is 1.88 bits per heavy atom. The van der Waals surface area contributed by atoms with Crippen LogP contribution in [-0.4, -0.2) is 23.2 Å². The largest absolute Gasteiger partial charge is 0.243 e. The van der Waals surface area contributed by atoms with Gasteiger partial charge in [-0.15, -0.1) is 0 Å². The molecule has 0 aliphatic heterocycles. The molecule has 0 unspecified atom stereocenters. The van der Waals surface area contributed by atoms with E-state index in [2.05, 4.69) is 14.8 Å². The lowest BCUT2D eigenvalue weighted by Gasteiger charge is -2.09. The second-order valence-corrected chi connectivity index (χ2v) is 6.71. The van der Waals surface area contributed by atoms with Gasteiger partial charge in [0.15, 0.2) is 23.3 Å². The molecule has 1 N–H and O–H groups in total. The highest BCUT2D eigenvalue weighted by Crippen LogP contribution is 2.19. The zero-order valence-corrected chi connectivity index (χ0v) is 13.3. The molecule has 10 heteroatoms. The summed E-state index contributed by atoms with van der Waals surface area (Å²) in [5.41, 5.74) is 0.488. The number of hydrogen-bond acceptors (Lipinski definition) is 4. The van der Waals surface area contributed by atoms with Gasteiger partial charge >= 0.3 is 0 Å². The summed E-state index contributed by atoms with van der Waals surface area (Å²) >= 11 is 0. The molecule has 2 heterocycles. The van der Waals surface area contributed by atoms with E-state index in [1.165, 1.54) is 10.9 Å². The maximum atomic E-state index is 13.6. The lowest BCUT2D eigenvalue weighted by Crippen LogP contribution is -2.24. The van der Waals surface area contributed by atoms with Crippen molar-refractivity contribution in [1.29, 1.82) is 0 Å². The molecule has 0 atom stereocenters. The van der Waals surface area contributed by atoms with Crippen LogP contribution in [0.2, 0.25) is 0 Å². The third-order valence-electron chi connectivity index (χ3n) is 3.30. The molecular formula is C15H11F3N4O2S. The molecule has 0 aliphatic carbocycles. The molecular weight excluding hydrogens is 357 g/mol. The van der Waals surface area contributed by atoms with Gasteiger partial charge in [-0.3, -0.25) is 0 Å². The number of halogens is 3.